The fourth-order valence-corrected chi connectivity index (χ4v) is 3.42. The van der Waals surface area contributed by atoms with Gasteiger partial charge >= 0.3 is 0 Å². The number of carbonyl (C=O) groups is 1. The number of nitrogens with one attached hydrogen (secondary N) is 1. The standard InChI is InChI=1S/C15H24N2OS/c1-4-13-9-12(10-19-13)14(18)16-15(2,3)11-17-7-5-6-8-17/h9-10H,4-8,11H2,1-3H3,(H,16,18). The van der Waals surface area contributed by atoms with Crippen molar-refractivity contribution in [2.24, 2.45) is 0 Å². The number of amides is 1. The first-order valence-corrected chi connectivity index (χ1v) is 8.00. The predicted molar refractivity (Wildman–Crippen MR) is 80.9 cm³/mol. The molecule has 0 aliphatic carbocycles. The lowest BCUT2D eigenvalue weighted by atomic mass is 10.0. The molecule has 0 unspecified atom stereocenters. The molecule has 19 heavy (non-hydrogen) atoms. The molecule has 2 heterocycles. The van der Waals surface area contributed by atoms with Crippen LogP contribution >= 0.6 is 11.3 Å². The van der Waals surface area contributed by atoms with E-state index in [-0.39, 0.29) is 11.4 Å². The van der Waals surface area contributed by atoms with Crippen LogP contribution in [0.4, 0.5) is 0 Å². The van der Waals surface area contributed by atoms with Gasteiger partial charge in [-0.05, 0) is 52.3 Å². The van der Waals surface area contributed by atoms with Crippen molar-refractivity contribution in [1.82, 2.24) is 10.2 Å². The van der Waals surface area contributed by atoms with Crippen LogP contribution in [0, 0.1) is 0 Å². The largest absolute Gasteiger partial charge is 0.346 e. The third-order valence-corrected chi connectivity index (χ3v) is 4.61. The Morgan fingerprint density at radius 3 is 2.68 bits per heavy atom. The number of likely N-dealkylation sites (tertiary alicyclic amines) is 1. The van der Waals surface area contributed by atoms with E-state index in [1.165, 1.54) is 17.7 Å². The topological polar surface area (TPSA) is 32.3 Å². The van der Waals surface area contributed by atoms with Crippen molar-refractivity contribution in [1.29, 1.82) is 0 Å². The molecule has 0 bridgehead atoms. The Morgan fingerprint density at radius 2 is 2.11 bits per heavy atom. The molecule has 0 atom stereocenters. The fourth-order valence-electron chi connectivity index (χ4n) is 2.60. The smallest absolute Gasteiger partial charge is 0.252 e. The lowest BCUT2D eigenvalue weighted by Gasteiger charge is -2.31. The van der Waals surface area contributed by atoms with E-state index >= 15 is 0 Å². The maximum atomic E-state index is 12.2. The highest BCUT2D eigenvalue weighted by atomic mass is 32.1. The van der Waals surface area contributed by atoms with Crippen molar-refractivity contribution in [2.45, 2.75) is 45.6 Å². The summed E-state index contributed by atoms with van der Waals surface area (Å²) in [6, 6.07) is 2.01. The number of thiophene rings is 1. The van der Waals surface area contributed by atoms with Crippen LogP contribution in [0.1, 0.15) is 48.8 Å². The minimum Gasteiger partial charge on any atom is -0.346 e. The Hall–Kier alpha value is -0.870. The Morgan fingerprint density at radius 1 is 1.42 bits per heavy atom. The number of rotatable bonds is 5. The lowest BCUT2D eigenvalue weighted by Crippen LogP contribution is -2.50. The molecular formula is C15H24N2OS. The van der Waals surface area contributed by atoms with Crippen LogP contribution < -0.4 is 5.32 Å². The Kier molecular flexibility index (Phi) is 4.63. The van der Waals surface area contributed by atoms with Crippen molar-refractivity contribution in [3.8, 4) is 0 Å². The molecule has 1 amide bonds. The zero-order valence-electron chi connectivity index (χ0n) is 12.2. The molecule has 1 aliphatic rings. The third-order valence-electron chi connectivity index (χ3n) is 3.53. The average molecular weight is 280 g/mol. The maximum Gasteiger partial charge on any atom is 0.252 e. The van der Waals surface area contributed by atoms with Gasteiger partial charge in [0, 0.05) is 22.3 Å². The monoisotopic (exact) mass is 280 g/mol. The van der Waals surface area contributed by atoms with E-state index in [1.54, 1.807) is 11.3 Å². The highest BCUT2D eigenvalue weighted by Gasteiger charge is 2.26. The van der Waals surface area contributed by atoms with Gasteiger partial charge in [0.15, 0.2) is 0 Å². The summed E-state index contributed by atoms with van der Waals surface area (Å²) in [6.45, 7) is 9.59. The van der Waals surface area contributed by atoms with E-state index < -0.39 is 0 Å². The summed E-state index contributed by atoms with van der Waals surface area (Å²) in [5, 5.41) is 5.12. The normalized spacial score (nSPS) is 16.8. The highest BCUT2D eigenvalue weighted by molar-refractivity contribution is 7.10. The first kappa shape index (κ1) is 14.5. The van der Waals surface area contributed by atoms with Crippen molar-refractivity contribution < 1.29 is 4.79 Å². The molecule has 3 nitrogen and oxygen atoms in total. The molecule has 2 rings (SSSR count). The van der Waals surface area contributed by atoms with Crippen molar-refractivity contribution in [3.05, 3.63) is 21.9 Å². The van der Waals surface area contributed by atoms with Gasteiger partial charge in [0.05, 0.1) is 5.56 Å². The minimum absolute atomic E-state index is 0.0557. The summed E-state index contributed by atoms with van der Waals surface area (Å²) in [4.78, 5) is 15.9. The van der Waals surface area contributed by atoms with Gasteiger partial charge in [0.1, 0.15) is 0 Å². The number of nitrogens with zero attached hydrogens (tertiary/aromatic N) is 1. The molecule has 1 N–H and O–H groups in total. The summed E-state index contributed by atoms with van der Waals surface area (Å²) in [5.74, 6) is 0.0557. The molecule has 106 valence electrons. The van der Waals surface area contributed by atoms with E-state index in [1.807, 2.05) is 11.4 Å². The van der Waals surface area contributed by atoms with Gasteiger partial charge in [0.25, 0.3) is 5.91 Å². The van der Waals surface area contributed by atoms with E-state index in [2.05, 4.69) is 31.0 Å². The number of aryl methyl sites for hydroxylation is 1. The molecular weight excluding hydrogens is 256 g/mol. The van der Waals surface area contributed by atoms with E-state index in [9.17, 15) is 4.79 Å². The second-order valence-corrected chi connectivity index (χ2v) is 6.97. The molecule has 1 aromatic heterocycles. The molecule has 4 heteroatoms. The summed E-state index contributed by atoms with van der Waals surface area (Å²) < 4.78 is 0. The van der Waals surface area contributed by atoms with Gasteiger partial charge in [0.2, 0.25) is 0 Å². The van der Waals surface area contributed by atoms with Gasteiger partial charge in [-0.2, -0.15) is 0 Å². The Bertz CT molecular complexity index is 433. The summed E-state index contributed by atoms with van der Waals surface area (Å²) in [7, 11) is 0. The van der Waals surface area contributed by atoms with E-state index in [0.717, 1.165) is 31.6 Å². The SMILES string of the molecule is CCc1cc(C(=O)NC(C)(C)CN2CCCC2)cs1. The van der Waals surface area contributed by atoms with E-state index in [4.69, 9.17) is 0 Å². The average Bonchev–Trinajstić information content (AvgIpc) is 2.97. The quantitative estimate of drug-likeness (QED) is 0.899. The molecule has 1 fully saturated rings. The Labute approximate surface area is 120 Å². The number of hydrogen-bond acceptors (Lipinski definition) is 3. The lowest BCUT2D eigenvalue weighted by molar-refractivity contribution is 0.0894. The summed E-state index contributed by atoms with van der Waals surface area (Å²) >= 11 is 1.67. The van der Waals surface area contributed by atoms with E-state index in [0.29, 0.717) is 0 Å². The second kappa shape index (κ2) is 6.06. The summed E-state index contributed by atoms with van der Waals surface area (Å²) in [5.41, 5.74) is 0.631. The molecule has 1 saturated heterocycles. The first-order chi connectivity index (χ1) is 9.00. The zero-order chi connectivity index (χ0) is 13.9. The van der Waals surface area contributed by atoms with Crippen LogP contribution in [0.25, 0.3) is 0 Å². The van der Waals surface area contributed by atoms with Crippen LogP contribution in [0.5, 0.6) is 0 Å². The molecule has 0 saturated carbocycles. The molecule has 1 aliphatic heterocycles. The number of hydrogen-bond donors (Lipinski definition) is 1. The van der Waals surface area contributed by atoms with Gasteiger partial charge in [-0.3, -0.25) is 4.79 Å². The zero-order valence-corrected chi connectivity index (χ0v) is 13.0. The maximum absolute atomic E-state index is 12.2. The fraction of sp³-hybridized carbons (Fsp3) is 0.667. The number of carbonyl (C=O) groups excluding carboxylic acids is 1. The highest BCUT2D eigenvalue weighted by Crippen LogP contribution is 2.17. The van der Waals surface area contributed by atoms with Crippen LogP contribution in [-0.4, -0.2) is 36.0 Å². The minimum atomic E-state index is -0.171. The van der Waals surface area contributed by atoms with Crippen LogP contribution in [0.15, 0.2) is 11.4 Å². The predicted octanol–water partition coefficient (Wildman–Crippen LogP) is 2.91. The first-order valence-electron chi connectivity index (χ1n) is 7.12. The van der Waals surface area contributed by atoms with Crippen LogP contribution in [0.3, 0.4) is 0 Å². The van der Waals surface area contributed by atoms with Gasteiger partial charge in [-0.1, -0.05) is 6.92 Å². The molecule has 0 aromatic carbocycles. The molecule has 1 aromatic rings. The van der Waals surface area contributed by atoms with Gasteiger partial charge in [-0.15, -0.1) is 11.3 Å². The van der Waals surface area contributed by atoms with Crippen LogP contribution in [0.2, 0.25) is 0 Å². The Balaban J connectivity index is 1.92. The van der Waals surface area contributed by atoms with Crippen molar-refractivity contribution in [2.75, 3.05) is 19.6 Å². The second-order valence-electron chi connectivity index (χ2n) is 5.98. The van der Waals surface area contributed by atoms with Gasteiger partial charge < -0.3 is 10.2 Å². The summed E-state index contributed by atoms with van der Waals surface area (Å²) in [6.07, 6.45) is 3.57. The molecule has 0 spiro atoms. The third kappa shape index (κ3) is 4.05. The van der Waals surface area contributed by atoms with Crippen molar-refractivity contribution in [3.63, 3.8) is 0 Å². The molecule has 0 radical (unpaired) electrons. The van der Waals surface area contributed by atoms with Crippen molar-refractivity contribution >= 4 is 17.2 Å². The van der Waals surface area contributed by atoms with Gasteiger partial charge in [-0.25, -0.2) is 0 Å². The van der Waals surface area contributed by atoms with Crippen LogP contribution in [-0.2, 0) is 6.42 Å².